The van der Waals surface area contributed by atoms with Gasteiger partial charge in [-0.2, -0.15) is 0 Å². The fourth-order valence-electron chi connectivity index (χ4n) is 7.41. The number of imidazole rings is 1. The molecule has 0 radical (unpaired) electrons. The third-order valence-electron chi connectivity index (χ3n) is 9.31. The molecule has 3 saturated heterocycles. The lowest BCUT2D eigenvalue weighted by Crippen LogP contribution is -2.52. The minimum absolute atomic E-state index is 0.330. The van der Waals surface area contributed by atoms with Crippen LogP contribution in [-0.2, 0) is 9.84 Å². The molecule has 3 aliphatic rings. The summed E-state index contributed by atoms with van der Waals surface area (Å²) in [5.41, 5.74) is 5.58. The predicted octanol–water partition coefficient (Wildman–Crippen LogP) is 5.77. The summed E-state index contributed by atoms with van der Waals surface area (Å²) in [5, 5.41) is 0. The summed E-state index contributed by atoms with van der Waals surface area (Å²) in [6.45, 7) is 10.6. The highest BCUT2D eigenvalue weighted by Gasteiger charge is 2.42. The summed E-state index contributed by atoms with van der Waals surface area (Å²) < 4.78 is 23.6. The van der Waals surface area contributed by atoms with Crippen molar-refractivity contribution in [2.75, 3.05) is 25.9 Å². The molecule has 4 heterocycles. The van der Waals surface area contributed by atoms with Gasteiger partial charge in [0.25, 0.3) is 0 Å². The number of likely N-dealkylation sites (tertiary alicyclic amines) is 1. The Morgan fingerprint density at radius 3 is 2.24 bits per heavy atom. The second-order valence-electron chi connectivity index (χ2n) is 12.5. The lowest BCUT2D eigenvalue weighted by atomic mass is 9.86. The van der Waals surface area contributed by atoms with Gasteiger partial charge in [-0.05, 0) is 112 Å². The maximum atomic E-state index is 11.8. The Hall–Kier alpha value is -2.22. The van der Waals surface area contributed by atoms with Crippen molar-refractivity contribution < 1.29 is 8.42 Å². The van der Waals surface area contributed by atoms with Crippen molar-refractivity contribution in [3.05, 3.63) is 47.5 Å². The second-order valence-corrected chi connectivity index (χ2v) is 14.5. The van der Waals surface area contributed by atoms with Gasteiger partial charge in [-0.15, -0.1) is 0 Å². The number of aromatic amines is 1. The fraction of sp³-hybridized carbons (Fsp3) is 0.581. The zero-order valence-corrected chi connectivity index (χ0v) is 24.1. The number of aromatic nitrogens is 2. The summed E-state index contributed by atoms with van der Waals surface area (Å²) in [6.07, 6.45) is 9.21. The zero-order chi connectivity index (χ0) is 26.6. The van der Waals surface area contributed by atoms with Crippen LogP contribution in [0.4, 0.5) is 0 Å². The van der Waals surface area contributed by atoms with Crippen LogP contribution in [0, 0.1) is 12.8 Å². The number of aryl methyl sites for hydroxylation is 1. The number of benzene rings is 2. The van der Waals surface area contributed by atoms with Crippen molar-refractivity contribution in [1.29, 1.82) is 0 Å². The van der Waals surface area contributed by atoms with Gasteiger partial charge < -0.3 is 9.88 Å². The van der Waals surface area contributed by atoms with Crippen molar-refractivity contribution in [2.45, 2.75) is 88.2 Å². The van der Waals surface area contributed by atoms with Crippen LogP contribution in [0.1, 0.15) is 69.4 Å². The standard InChI is InChI=1S/C31H42N4O2S/c1-20(2)19-35-25-7-8-26(35)18-27(17-25)34-13-11-22(12-14-34)24-15-21(3)30-29(16-24)32-31(33-30)23-5-9-28(10-6-23)38(4,36)37/h5-6,9-10,15-16,20,22,25-27H,7-8,11-14,17-19H2,1-4H3,(H,32,33). The van der Waals surface area contributed by atoms with Crippen molar-refractivity contribution in [2.24, 2.45) is 5.92 Å². The molecular weight excluding hydrogens is 492 g/mol. The van der Waals surface area contributed by atoms with Crippen molar-refractivity contribution >= 4 is 20.9 Å². The summed E-state index contributed by atoms with van der Waals surface area (Å²) in [4.78, 5) is 14.4. The molecule has 3 fully saturated rings. The Balaban J connectivity index is 1.13. The van der Waals surface area contributed by atoms with Gasteiger partial charge in [-0.1, -0.05) is 19.9 Å². The van der Waals surface area contributed by atoms with Crippen LogP contribution in [0.3, 0.4) is 0 Å². The molecule has 3 aromatic rings. The number of nitrogens with zero attached hydrogens (tertiary/aromatic N) is 3. The molecule has 6 nitrogen and oxygen atoms in total. The summed E-state index contributed by atoms with van der Waals surface area (Å²) >= 11 is 0. The number of H-pyrrole nitrogens is 1. The van der Waals surface area contributed by atoms with Gasteiger partial charge in [0.15, 0.2) is 9.84 Å². The van der Waals surface area contributed by atoms with E-state index in [1.807, 2.05) is 12.1 Å². The van der Waals surface area contributed by atoms with E-state index in [-0.39, 0.29) is 0 Å². The van der Waals surface area contributed by atoms with Crippen LogP contribution in [0.5, 0.6) is 0 Å². The van der Waals surface area contributed by atoms with Gasteiger partial charge in [0.1, 0.15) is 5.82 Å². The van der Waals surface area contributed by atoms with E-state index in [0.29, 0.717) is 10.8 Å². The van der Waals surface area contributed by atoms with Crippen molar-refractivity contribution in [1.82, 2.24) is 19.8 Å². The Kier molecular flexibility index (Phi) is 6.90. The van der Waals surface area contributed by atoms with E-state index in [2.05, 4.69) is 47.7 Å². The van der Waals surface area contributed by atoms with E-state index in [4.69, 9.17) is 4.98 Å². The smallest absolute Gasteiger partial charge is 0.175 e. The third kappa shape index (κ3) is 5.05. The molecule has 3 aliphatic heterocycles. The largest absolute Gasteiger partial charge is 0.338 e. The molecule has 2 aromatic carbocycles. The number of fused-ring (bicyclic) bond motifs is 3. The van der Waals surface area contributed by atoms with E-state index in [1.165, 1.54) is 75.5 Å². The molecule has 2 atom stereocenters. The lowest BCUT2D eigenvalue weighted by Gasteiger charge is -2.46. The Morgan fingerprint density at radius 1 is 0.974 bits per heavy atom. The van der Waals surface area contributed by atoms with Crippen LogP contribution in [-0.4, -0.2) is 72.2 Å². The number of piperidine rings is 2. The van der Waals surface area contributed by atoms with Crippen LogP contribution in [0.2, 0.25) is 0 Å². The molecule has 6 rings (SSSR count). The number of nitrogens with one attached hydrogen (secondary N) is 1. The van der Waals surface area contributed by atoms with Crippen LogP contribution in [0.25, 0.3) is 22.4 Å². The van der Waals surface area contributed by atoms with Gasteiger partial charge in [-0.25, -0.2) is 13.4 Å². The molecule has 1 aromatic heterocycles. The number of hydrogen-bond acceptors (Lipinski definition) is 5. The summed E-state index contributed by atoms with van der Waals surface area (Å²) in [6, 6.07) is 14.0. The topological polar surface area (TPSA) is 69.3 Å². The fourth-order valence-corrected chi connectivity index (χ4v) is 8.04. The van der Waals surface area contributed by atoms with E-state index >= 15 is 0 Å². The Bertz CT molecular complexity index is 1390. The summed E-state index contributed by atoms with van der Waals surface area (Å²) in [5.74, 6) is 2.14. The van der Waals surface area contributed by atoms with E-state index < -0.39 is 9.84 Å². The number of rotatable bonds is 6. The van der Waals surface area contributed by atoms with E-state index in [0.717, 1.165) is 46.5 Å². The average Bonchev–Trinajstić information content (AvgIpc) is 3.40. The maximum absolute atomic E-state index is 11.8. The number of hydrogen-bond donors (Lipinski definition) is 1. The normalized spacial score (nSPS) is 25.6. The first-order chi connectivity index (χ1) is 18.2. The molecule has 204 valence electrons. The average molecular weight is 535 g/mol. The summed E-state index contributed by atoms with van der Waals surface area (Å²) in [7, 11) is -3.21. The maximum Gasteiger partial charge on any atom is 0.175 e. The minimum Gasteiger partial charge on any atom is -0.338 e. The first-order valence-electron chi connectivity index (χ1n) is 14.5. The molecule has 38 heavy (non-hydrogen) atoms. The van der Waals surface area contributed by atoms with Crippen LogP contribution in [0.15, 0.2) is 41.3 Å². The highest BCUT2D eigenvalue weighted by Crippen LogP contribution is 2.40. The number of sulfone groups is 1. The highest BCUT2D eigenvalue weighted by atomic mass is 32.2. The van der Waals surface area contributed by atoms with E-state index in [9.17, 15) is 8.42 Å². The molecule has 0 saturated carbocycles. The van der Waals surface area contributed by atoms with Crippen molar-refractivity contribution in [3.8, 4) is 11.4 Å². The first-order valence-corrected chi connectivity index (χ1v) is 16.4. The SMILES string of the molecule is Cc1cc(C2CCN(C3CC4CCC(C3)N4CC(C)C)CC2)cc2[nH]c(-c3ccc(S(C)(=O)=O)cc3)nc12. The van der Waals surface area contributed by atoms with Crippen LogP contribution < -0.4 is 0 Å². The molecule has 0 spiro atoms. The monoisotopic (exact) mass is 534 g/mol. The molecule has 0 aliphatic carbocycles. The third-order valence-corrected chi connectivity index (χ3v) is 10.4. The van der Waals surface area contributed by atoms with Gasteiger partial charge in [-0.3, -0.25) is 4.90 Å². The zero-order valence-electron chi connectivity index (χ0n) is 23.3. The quantitative estimate of drug-likeness (QED) is 0.435. The molecule has 2 unspecified atom stereocenters. The van der Waals surface area contributed by atoms with Gasteiger partial charge >= 0.3 is 0 Å². The molecule has 1 N–H and O–H groups in total. The van der Waals surface area contributed by atoms with Crippen molar-refractivity contribution in [3.63, 3.8) is 0 Å². The second kappa shape index (κ2) is 10.1. The molecule has 2 bridgehead atoms. The van der Waals surface area contributed by atoms with E-state index in [1.54, 1.807) is 12.1 Å². The Labute approximate surface area is 227 Å². The van der Waals surface area contributed by atoms with Gasteiger partial charge in [0, 0.05) is 36.5 Å². The first kappa shape index (κ1) is 26.0. The van der Waals surface area contributed by atoms with Gasteiger partial charge in [0.05, 0.1) is 15.9 Å². The highest BCUT2D eigenvalue weighted by molar-refractivity contribution is 7.90. The molecule has 0 amide bonds. The predicted molar refractivity (Wildman–Crippen MR) is 154 cm³/mol. The van der Waals surface area contributed by atoms with Gasteiger partial charge in [0.2, 0.25) is 0 Å². The molecular formula is C31H42N4O2S. The lowest BCUT2D eigenvalue weighted by molar-refractivity contribution is 0.0403. The van der Waals surface area contributed by atoms with Crippen LogP contribution >= 0.6 is 0 Å². The molecule has 7 heteroatoms. The Morgan fingerprint density at radius 2 is 1.63 bits per heavy atom. The minimum atomic E-state index is -3.21.